The summed E-state index contributed by atoms with van der Waals surface area (Å²) in [6, 6.07) is 0. The molecule has 5 nitrogen and oxygen atoms in total. The summed E-state index contributed by atoms with van der Waals surface area (Å²) in [5.74, 6) is -0.603. The van der Waals surface area contributed by atoms with Crippen molar-refractivity contribution in [3.05, 3.63) is 0 Å². The van der Waals surface area contributed by atoms with E-state index in [1.54, 1.807) is 4.90 Å². The summed E-state index contributed by atoms with van der Waals surface area (Å²) in [5, 5.41) is 9.29. The fourth-order valence-electron chi connectivity index (χ4n) is 2.53. The number of piperidine rings is 1. The molecule has 1 fully saturated rings. The maximum atomic E-state index is 12.0. The minimum Gasteiger partial charge on any atom is -0.481 e. The van der Waals surface area contributed by atoms with Crippen LogP contribution in [-0.2, 0) is 14.3 Å². The third-order valence-electron chi connectivity index (χ3n) is 4.09. The number of carbonyl (C=O) groups excluding carboxylic acids is 1. The predicted octanol–water partition coefficient (Wildman–Crippen LogP) is 1.91. The van der Waals surface area contributed by atoms with Crippen molar-refractivity contribution in [2.45, 2.75) is 46.0 Å². The van der Waals surface area contributed by atoms with Crippen molar-refractivity contribution >= 4 is 11.9 Å². The molecule has 1 aliphatic rings. The van der Waals surface area contributed by atoms with E-state index >= 15 is 0 Å². The van der Waals surface area contributed by atoms with E-state index in [-0.39, 0.29) is 5.91 Å². The zero-order valence-electron chi connectivity index (χ0n) is 12.0. The highest BCUT2D eigenvalue weighted by atomic mass is 16.5. The first kappa shape index (κ1) is 16.0. The van der Waals surface area contributed by atoms with Crippen molar-refractivity contribution in [3.63, 3.8) is 0 Å². The fraction of sp³-hybridized carbons (Fsp3) is 0.857. The number of carboxylic acids is 1. The molecule has 1 N–H and O–H groups in total. The van der Waals surface area contributed by atoms with Crippen molar-refractivity contribution in [2.24, 2.45) is 5.41 Å². The smallest absolute Gasteiger partial charge is 0.309 e. The molecule has 19 heavy (non-hydrogen) atoms. The van der Waals surface area contributed by atoms with Crippen LogP contribution in [-0.4, -0.2) is 48.2 Å². The van der Waals surface area contributed by atoms with Gasteiger partial charge in [0.05, 0.1) is 5.41 Å². The van der Waals surface area contributed by atoms with Crippen LogP contribution < -0.4 is 0 Å². The first-order valence-corrected chi connectivity index (χ1v) is 7.14. The highest BCUT2D eigenvalue weighted by molar-refractivity contribution is 5.78. The first-order chi connectivity index (χ1) is 9.05. The van der Waals surface area contributed by atoms with Crippen LogP contribution >= 0.6 is 0 Å². The van der Waals surface area contributed by atoms with Gasteiger partial charge in [0.1, 0.15) is 0 Å². The number of hydrogen-bond acceptors (Lipinski definition) is 3. The highest BCUT2D eigenvalue weighted by Gasteiger charge is 2.40. The van der Waals surface area contributed by atoms with Crippen molar-refractivity contribution < 1.29 is 19.4 Å². The number of carboxylic acid groups (broad SMARTS) is 1. The number of carbonyl (C=O) groups is 2. The van der Waals surface area contributed by atoms with E-state index in [4.69, 9.17) is 4.74 Å². The molecule has 110 valence electrons. The van der Waals surface area contributed by atoms with Crippen LogP contribution in [0, 0.1) is 5.41 Å². The average Bonchev–Trinajstić information content (AvgIpc) is 2.43. The molecular formula is C14H25NO4. The zero-order valence-corrected chi connectivity index (χ0v) is 12.0. The summed E-state index contributed by atoms with van der Waals surface area (Å²) < 4.78 is 5.20. The SMILES string of the molecule is CCOCCCC(=O)N1CCC(CC)(C(=O)O)CC1. The lowest BCUT2D eigenvalue weighted by Gasteiger charge is -2.38. The van der Waals surface area contributed by atoms with Crippen LogP contribution in [0.1, 0.15) is 46.0 Å². The van der Waals surface area contributed by atoms with E-state index in [2.05, 4.69) is 0 Å². The van der Waals surface area contributed by atoms with Gasteiger partial charge >= 0.3 is 5.97 Å². The Hall–Kier alpha value is -1.10. The number of amides is 1. The van der Waals surface area contributed by atoms with Crippen LogP contribution in [0.25, 0.3) is 0 Å². The Balaban J connectivity index is 2.36. The topological polar surface area (TPSA) is 66.8 Å². The Labute approximate surface area is 114 Å². The normalized spacial score (nSPS) is 18.3. The van der Waals surface area contributed by atoms with Crippen LogP contribution in [0.5, 0.6) is 0 Å². The van der Waals surface area contributed by atoms with Gasteiger partial charge < -0.3 is 14.7 Å². The van der Waals surface area contributed by atoms with Gasteiger partial charge in [-0.25, -0.2) is 0 Å². The van der Waals surface area contributed by atoms with E-state index < -0.39 is 11.4 Å². The summed E-state index contributed by atoms with van der Waals surface area (Å²) in [6.45, 7) is 6.26. The molecule has 0 unspecified atom stereocenters. The summed E-state index contributed by atoms with van der Waals surface area (Å²) in [4.78, 5) is 25.1. The fourth-order valence-corrected chi connectivity index (χ4v) is 2.53. The standard InChI is InChI=1S/C14H25NO4/c1-3-14(13(17)18)7-9-15(10-8-14)12(16)6-5-11-19-4-2/h3-11H2,1-2H3,(H,17,18). The summed E-state index contributed by atoms with van der Waals surface area (Å²) in [6.07, 6.45) is 2.99. The molecule has 0 aromatic rings. The number of ether oxygens (including phenoxy) is 1. The summed E-state index contributed by atoms with van der Waals surface area (Å²) >= 11 is 0. The van der Waals surface area contributed by atoms with Crippen molar-refractivity contribution in [1.82, 2.24) is 4.90 Å². The molecule has 1 aliphatic heterocycles. The maximum absolute atomic E-state index is 12.0. The van der Waals surface area contributed by atoms with Gasteiger partial charge in [0.25, 0.3) is 0 Å². The van der Waals surface area contributed by atoms with Gasteiger partial charge in [-0.05, 0) is 32.6 Å². The molecule has 0 bridgehead atoms. The van der Waals surface area contributed by atoms with Crippen molar-refractivity contribution in [1.29, 1.82) is 0 Å². The third kappa shape index (κ3) is 4.20. The quantitative estimate of drug-likeness (QED) is 0.718. The molecule has 0 spiro atoms. The maximum Gasteiger partial charge on any atom is 0.309 e. The van der Waals surface area contributed by atoms with Gasteiger partial charge in [0, 0.05) is 32.7 Å². The van der Waals surface area contributed by atoms with Gasteiger partial charge in [-0.15, -0.1) is 0 Å². The minimum atomic E-state index is -0.724. The molecule has 0 aromatic carbocycles. The number of likely N-dealkylation sites (tertiary alicyclic amines) is 1. The van der Waals surface area contributed by atoms with E-state index in [9.17, 15) is 14.7 Å². The predicted molar refractivity (Wildman–Crippen MR) is 71.9 cm³/mol. The van der Waals surface area contributed by atoms with Gasteiger partial charge in [0.2, 0.25) is 5.91 Å². The molecule has 0 aromatic heterocycles. The summed E-state index contributed by atoms with van der Waals surface area (Å²) in [7, 11) is 0. The molecule has 0 radical (unpaired) electrons. The second kappa shape index (κ2) is 7.48. The minimum absolute atomic E-state index is 0.120. The Morgan fingerprint density at radius 1 is 1.26 bits per heavy atom. The molecule has 1 amide bonds. The lowest BCUT2D eigenvalue weighted by atomic mass is 9.76. The second-order valence-corrected chi connectivity index (χ2v) is 5.12. The monoisotopic (exact) mass is 271 g/mol. The summed E-state index contributed by atoms with van der Waals surface area (Å²) in [5.41, 5.74) is -0.623. The lowest BCUT2D eigenvalue weighted by Crippen LogP contribution is -2.46. The van der Waals surface area contributed by atoms with E-state index in [1.165, 1.54) is 0 Å². The first-order valence-electron chi connectivity index (χ1n) is 7.14. The molecule has 1 rings (SSSR count). The number of hydrogen-bond donors (Lipinski definition) is 1. The Morgan fingerprint density at radius 3 is 2.37 bits per heavy atom. The number of nitrogens with zero attached hydrogens (tertiary/aromatic N) is 1. The van der Waals surface area contributed by atoms with Crippen LogP contribution in [0.3, 0.4) is 0 Å². The molecule has 0 aliphatic carbocycles. The Morgan fingerprint density at radius 2 is 1.89 bits per heavy atom. The third-order valence-corrected chi connectivity index (χ3v) is 4.09. The van der Waals surface area contributed by atoms with Crippen LogP contribution in [0.15, 0.2) is 0 Å². The van der Waals surface area contributed by atoms with Gasteiger partial charge in [0.15, 0.2) is 0 Å². The largest absolute Gasteiger partial charge is 0.481 e. The molecular weight excluding hydrogens is 246 g/mol. The van der Waals surface area contributed by atoms with E-state index in [1.807, 2.05) is 13.8 Å². The molecule has 0 atom stereocenters. The molecule has 1 heterocycles. The van der Waals surface area contributed by atoms with Crippen LogP contribution in [0.2, 0.25) is 0 Å². The van der Waals surface area contributed by atoms with Crippen molar-refractivity contribution in [2.75, 3.05) is 26.3 Å². The second-order valence-electron chi connectivity index (χ2n) is 5.12. The van der Waals surface area contributed by atoms with Crippen LogP contribution in [0.4, 0.5) is 0 Å². The molecule has 5 heteroatoms. The van der Waals surface area contributed by atoms with Gasteiger partial charge in [-0.1, -0.05) is 6.92 Å². The number of rotatable bonds is 7. The molecule has 1 saturated heterocycles. The lowest BCUT2D eigenvalue weighted by molar-refractivity contribution is -0.154. The Kier molecular flexibility index (Phi) is 6.28. The zero-order chi connectivity index (χ0) is 14.3. The van der Waals surface area contributed by atoms with Gasteiger partial charge in [-0.2, -0.15) is 0 Å². The number of aliphatic carboxylic acids is 1. The molecule has 0 saturated carbocycles. The Bertz CT molecular complexity index is 309. The van der Waals surface area contributed by atoms with Gasteiger partial charge in [-0.3, -0.25) is 9.59 Å². The van der Waals surface area contributed by atoms with Crippen molar-refractivity contribution in [3.8, 4) is 0 Å². The average molecular weight is 271 g/mol. The van der Waals surface area contributed by atoms with E-state index in [0.717, 1.165) is 6.42 Å². The highest BCUT2D eigenvalue weighted by Crippen LogP contribution is 2.35. The van der Waals surface area contributed by atoms with E-state index in [0.29, 0.717) is 52.0 Å².